The molecule has 0 bridgehead atoms. The van der Waals surface area contributed by atoms with Crippen molar-refractivity contribution in [1.29, 1.82) is 0 Å². The van der Waals surface area contributed by atoms with Crippen LogP contribution in [0.1, 0.15) is 12.8 Å². The van der Waals surface area contributed by atoms with Gasteiger partial charge in [-0.2, -0.15) is 0 Å². The van der Waals surface area contributed by atoms with Crippen LogP contribution in [0.4, 0.5) is 5.82 Å². The van der Waals surface area contributed by atoms with Gasteiger partial charge in [0.05, 0.1) is 6.61 Å². The average Bonchev–Trinajstić information content (AvgIpc) is 2.28. The predicted octanol–water partition coefficient (Wildman–Crippen LogP) is 2.57. The van der Waals surface area contributed by atoms with Crippen LogP contribution in [0.5, 0.6) is 0 Å². The van der Waals surface area contributed by atoms with Gasteiger partial charge in [-0.15, -0.1) is 0 Å². The van der Waals surface area contributed by atoms with E-state index < -0.39 is 0 Å². The van der Waals surface area contributed by atoms with E-state index in [4.69, 9.17) is 16.3 Å². The molecule has 0 amide bonds. The number of pyridine rings is 1. The lowest BCUT2D eigenvalue weighted by atomic mass is 10.0. The van der Waals surface area contributed by atoms with Crippen LogP contribution in [0.2, 0.25) is 5.15 Å². The molecule has 1 unspecified atom stereocenters. The third kappa shape index (κ3) is 3.36. The van der Waals surface area contributed by atoms with Gasteiger partial charge in [-0.05, 0) is 30.9 Å². The maximum absolute atomic E-state index is 5.79. The van der Waals surface area contributed by atoms with Crippen molar-refractivity contribution in [2.45, 2.75) is 12.8 Å². The lowest BCUT2D eigenvalue weighted by molar-refractivity contribution is 0.0595. The first kappa shape index (κ1) is 10.7. The Balaban J connectivity index is 1.81. The van der Waals surface area contributed by atoms with Gasteiger partial charge < -0.3 is 10.1 Å². The number of aromatic nitrogens is 1. The fraction of sp³-hybridized carbons (Fsp3) is 0.545. The number of hydrogen-bond acceptors (Lipinski definition) is 3. The van der Waals surface area contributed by atoms with Gasteiger partial charge in [-0.3, -0.25) is 0 Å². The number of rotatable bonds is 3. The summed E-state index contributed by atoms with van der Waals surface area (Å²) >= 11 is 5.79. The van der Waals surface area contributed by atoms with Gasteiger partial charge >= 0.3 is 0 Å². The van der Waals surface area contributed by atoms with E-state index in [1.807, 2.05) is 12.1 Å². The van der Waals surface area contributed by atoms with Gasteiger partial charge in [-0.25, -0.2) is 4.98 Å². The summed E-state index contributed by atoms with van der Waals surface area (Å²) in [6, 6.07) is 5.60. The molecule has 0 radical (unpaired) electrons. The molecule has 0 spiro atoms. The third-order valence-electron chi connectivity index (χ3n) is 2.54. The van der Waals surface area contributed by atoms with E-state index in [2.05, 4.69) is 10.3 Å². The van der Waals surface area contributed by atoms with E-state index in [-0.39, 0.29) is 0 Å². The minimum atomic E-state index is 0.528. The smallest absolute Gasteiger partial charge is 0.131 e. The summed E-state index contributed by atoms with van der Waals surface area (Å²) in [5, 5.41) is 3.81. The van der Waals surface area contributed by atoms with Crippen LogP contribution in [0, 0.1) is 5.92 Å². The Hall–Kier alpha value is -0.800. The zero-order valence-corrected chi connectivity index (χ0v) is 9.33. The first-order valence-corrected chi connectivity index (χ1v) is 5.66. The molecule has 0 aliphatic carbocycles. The molecule has 1 saturated heterocycles. The minimum absolute atomic E-state index is 0.528. The number of anilines is 1. The summed E-state index contributed by atoms with van der Waals surface area (Å²) in [4.78, 5) is 4.17. The van der Waals surface area contributed by atoms with Gasteiger partial charge in [0.25, 0.3) is 0 Å². The molecule has 82 valence electrons. The number of halogens is 1. The van der Waals surface area contributed by atoms with E-state index in [0.29, 0.717) is 11.1 Å². The second-order valence-corrected chi connectivity index (χ2v) is 4.20. The Morgan fingerprint density at radius 1 is 1.53 bits per heavy atom. The van der Waals surface area contributed by atoms with Crippen LogP contribution in [-0.2, 0) is 4.74 Å². The summed E-state index contributed by atoms with van der Waals surface area (Å²) in [7, 11) is 0. The first-order chi connectivity index (χ1) is 7.34. The maximum Gasteiger partial charge on any atom is 0.131 e. The van der Waals surface area contributed by atoms with Crippen LogP contribution in [0.25, 0.3) is 0 Å². The molecule has 1 N–H and O–H groups in total. The molecule has 1 fully saturated rings. The fourth-order valence-electron chi connectivity index (χ4n) is 1.72. The normalized spacial score (nSPS) is 21.3. The summed E-state index contributed by atoms with van der Waals surface area (Å²) in [6.07, 6.45) is 2.39. The van der Waals surface area contributed by atoms with Gasteiger partial charge in [0.2, 0.25) is 0 Å². The van der Waals surface area contributed by atoms with Crippen molar-refractivity contribution in [3.63, 3.8) is 0 Å². The summed E-state index contributed by atoms with van der Waals surface area (Å²) in [5.74, 6) is 1.44. The number of ether oxygens (including phenoxy) is 1. The monoisotopic (exact) mass is 226 g/mol. The molecule has 3 nitrogen and oxygen atoms in total. The summed E-state index contributed by atoms with van der Waals surface area (Å²) < 4.78 is 5.41. The van der Waals surface area contributed by atoms with E-state index in [0.717, 1.165) is 32.0 Å². The van der Waals surface area contributed by atoms with Gasteiger partial charge in [-0.1, -0.05) is 17.7 Å². The molecule has 15 heavy (non-hydrogen) atoms. The second-order valence-electron chi connectivity index (χ2n) is 3.81. The van der Waals surface area contributed by atoms with Gasteiger partial charge in [0.1, 0.15) is 11.0 Å². The van der Waals surface area contributed by atoms with Crippen molar-refractivity contribution in [3.8, 4) is 0 Å². The Kier molecular flexibility index (Phi) is 3.80. The zero-order valence-electron chi connectivity index (χ0n) is 8.58. The number of hydrogen-bond donors (Lipinski definition) is 1. The van der Waals surface area contributed by atoms with Gasteiger partial charge in [0, 0.05) is 13.2 Å². The highest BCUT2D eigenvalue weighted by Gasteiger charge is 2.13. The lowest BCUT2D eigenvalue weighted by Crippen LogP contribution is -2.24. The quantitative estimate of drug-likeness (QED) is 0.805. The van der Waals surface area contributed by atoms with E-state index in [1.54, 1.807) is 6.07 Å². The van der Waals surface area contributed by atoms with Crippen LogP contribution in [0.15, 0.2) is 18.2 Å². The van der Waals surface area contributed by atoms with E-state index >= 15 is 0 Å². The second kappa shape index (κ2) is 5.33. The molecule has 1 atom stereocenters. The van der Waals surface area contributed by atoms with Gasteiger partial charge in [0.15, 0.2) is 0 Å². The molecular formula is C11H15ClN2O. The van der Waals surface area contributed by atoms with Crippen LogP contribution >= 0.6 is 11.6 Å². The van der Waals surface area contributed by atoms with Crippen LogP contribution in [-0.4, -0.2) is 24.7 Å². The minimum Gasteiger partial charge on any atom is -0.381 e. The van der Waals surface area contributed by atoms with Crippen molar-refractivity contribution >= 4 is 17.4 Å². The number of nitrogens with one attached hydrogen (secondary N) is 1. The molecule has 2 heterocycles. The van der Waals surface area contributed by atoms with Crippen LogP contribution < -0.4 is 5.32 Å². The Labute approximate surface area is 94.8 Å². The predicted molar refractivity (Wildman–Crippen MR) is 61.3 cm³/mol. The van der Waals surface area contributed by atoms with Crippen molar-refractivity contribution in [2.24, 2.45) is 5.92 Å². The summed E-state index contributed by atoms with van der Waals surface area (Å²) in [5.41, 5.74) is 0. The zero-order chi connectivity index (χ0) is 10.5. The van der Waals surface area contributed by atoms with Crippen LogP contribution in [0.3, 0.4) is 0 Å². The lowest BCUT2D eigenvalue weighted by Gasteiger charge is -2.22. The maximum atomic E-state index is 5.79. The molecule has 2 rings (SSSR count). The molecule has 1 aromatic heterocycles. The first-order valence-electron chi connectivity index (χ1n) is 5.29. The largest absolute Gasteiger partial charge is 0.381 e. The third-order valence-corrected chi connectivity index (χ3v) is 2.75. The fourth-order valence-corrected chi connectivity index (χ4v) is 1.89. The molecule has 1 aliphatic heterocycles. The highest BCUT2D eigenvalue weighted by Crippen LogP contribution is 2.15. The molecule has 1 aromatic rings. The van der Waals surface area contributed by atoms with Crippen molar-refractivity contribution < 1.29 is 4.74 Å². The topological polar surface area (TPSA) is 34.1 Å². The Morgan fingerprint density at radius 3 is 3.20 bits per heavy atom. The Morgan fingerprint density at radius 2 is 2.47 bits per heavy atom. The highest BCUT2D eigenvalue weighted by atomic mass is 35.5. The molecule has 1 aliphatic rings. The standard InChI is InChI=1S/C11H15ClN2O/c12-10-4-1-5-11(14-10)13-7-9-3-2-6-15-8-9/h1,4-5,9H,2-3,6-8H2,(H,13,14). The highest BCUT2D eigenvalue weighted by molar-refractivity contribution is 6.29. The number of nitrogens with zero attached hydrogens (tertiary/aromatic N) is 1. The van der Waals surface area contributed by atoms with Crippen molar-refractivity contribution in [2.75, 3.05) is 25.1 Å². The Bertz CT molecular complexity index is 313. The van der Waals surface area contributed by atoms with E-state index in [1.165, 1.54) is 6.42 Å². The molecule has 0 aromatic carbocycles. The van der Waals surface area contributed by atoms with Crippen molar-refractivity contribution in [3.05, 3.63) is 23.4 Å². The SMILES string of the molecule is Clc1cccc(NCC2CCCOC2)n1. The average molecular weight is 227 g/mol. The van der Waals surface area contributed by atoms with Crippen molar-refractivity contribution in [1.82, 2.24) is 4.98 Å². The summed E-state index contributed by atoms with van der Waals surface area (Å²) in [6.45, 7) is 2.67. The molecule has 4 heteroatoms. The molecule has 0 saturated carbocycles. The van der Waals surface area contributed by atoms with E-state index in [9.17, 15) is 0 Å². The molecular weight excluding hydrogens is 212 g/mol.